The van der Waals surface area contributed by atoms with Crippen molar-refractivity contribution >= 4 is 39.5 Å². The summed E-state index contributed by atoms with van der Waals surface area (Å²) in [6.45, 7) is 0. The molecule has 0 rings (SSSR count). The van der Waals surface area contributed by atoms with Gasteiger partial charge in [-0.1, -0.05) is 38.5 Å². The standard InChI is InChI=1S/C10H20Cl2O4S2/c11-17(13,14)9-7-5-3-1-2-4-6-8-10-18(12,15)16/h1-10H2. The maximum Gasteiger partial charge on any atom is 0.232 e. The van der Waals surface area contributed by atoms with E-state index in [1.165, 1.54) is 0 Å². The molecule has 8 heteroatoms. The summed E-state index contributed by atoms with van der Waals surface area (Å²) in [6, 6.07) is 0. The van der Waals surface area contributed by atoms with Gasteiger partial charge in [0.1, 0.15) is 0 Å². The Labute approximate surface area is 119 Å². The summed E-state index contributed by atoms with van der Waals surface area (Å²) in [5.74, 6) is 0.0876. The molecule has 0 radical (unpaired) electrons. The summed E-state index contributed by atoms with van der Waals surface area (Å²) in [5.41, 5.74) is 0. The fourth-order valence-corrected chi connectivity index (χ4v) is 3.36. The van der Waals surface area contributed by atoms with E-state index < -0.39 is 18.1 Å². The molecule has 0 aliphatic rings. The van der Waals surface area contributed by atoms with Gasteiger partial charge < -0.3 is 0 Å². The molecule has 0 aromatic rings. The van der Waals surface area contributed by atoms with Crippen molar-refractivity contribution in [2.24, 2.45) is 0 Å². The molecule has 0 unspecified atom stereocenters. The molecular weight excluding hydrogens is 319 g/mol. The number of rotatable bonds is 11. The molecule has 0 aromatic heterocycles. The molecule has 4 nitrogen and oxygen atoms in total. The second kappa shape index (κ2) is 9.39. The Hall–Kier alpha value is 0.480. The van der Waals surface area contributed by atoms with Gasteiger partial charge in [0.2, 0.25) is 18.1 Å². The van der Waals surface area contributed by atoms with Crippen molar-refractivity contribution in [3.05, 3.63) is 0 Å². The Morgan fingerprint density at radius 3 is 0.944 bits per heavy atom. The van der Waals surface area contributed by atoms with Crippen LogP contribution in [0.2, 0.25) is 0 Å². The number of halogens is 2. The van der Waals surface area contributed by atoms with E-state index >= 15 is 0 Å². The number of unbranched alkanes of at least 4 members (excludes halogenated alkanes) is 7. The molecule has 0 saturated heterocycles. The molecule has 0 spiro atoms. The van der Waals surface area contributed by atoms with Crippen LogP contribution in [0, 0.1) is 0 Å². The van der Waals surface area contributed by atoms with Gasteiger partial charge in [0, 0.05) is 21.4 Å². The van der Waals surface area contributed by atoms with E-state index in [9.17, 15) is 16.8 Å². The highest BCUT2D eigenvalue weighted by Crippen LogP contribution is 2.11. The Bertz CT molecular complexity index is 364. The van der Waals surface area contributed by atoms with Crippen molar-refractivity contribution in [1.82, 2.24) is 0 Å². The van der Waals surface area contributed by atoms with E-state index in [0.717, 1.165) is 38.5 Å². The van der Waals surface area contributed by atoms with Crippen LogP contribution in [0.15, 0.2) is 0 Å². The molecule has 0 N–H and O–H groups in total. The fraction of sp³-hybridized carbons (Fsp3) is 1.00. The molecule has 0 fully saturated rings. The molecule has 0 amide bonds. The summed E-state index contributed by atoms with van der Waals surface area (Å²) in [5, 5.41) is 0. The van der Waals surface area contributed by atoms with Crippen molar-refractivity contribution in [2.45, 2.75) is 51.4 Å². The highest BCUT2D eigenvalue weighted by molar-refractivity contribution is 8.14. The normalized spacial score (nSPS) is 12.8. The van der Waals surface area contributed by atoms with Crippen LogP contribution in [0.1, 0.15) is 51.4 Å². The Morgan fingerprint density at radius 1 is 0.500 bits per heavy atom. The molecule has 0 saturated carbocycles. The van der Waals surface area contributed by atoms with Gasteiger partial charge in [-0.25, -0.2) is 16.8 Å². The molecular formula is C10H20Cl2O4S2. The first-order chi connectivity index (χ1) is 8.21. The van der Waals surface area contributed by atoms with E-state index in [-0.39, 0.29) is 11.5 Å². The Kier molecular flexibility index (Phi) is 9.64. The average molecular weight is 339 g/mol. The molecule has 110 valence electrons. The van der Waals surface area contributed by atoms with Crippen LogP contribution < -0.4 is 0 Å². The van der Waals surface area contributed by atoms with Gasteiger partial charge in [0.15, 0.2) is 0 Å². The van der Waals surface area contributed by atoms with Crippen LogP contribution in [0.4, 0.5) is 0 Å². The van der Waals surface area contributed by atoms with E-state index in [1.807, 2.05) is 0 Å². The zero-order chi connectivity index (χ0) is 14.1. The van der Waals surface area contributed by atoms with Gasteiger partial charge in [0.25, 0.3) is 0 Å². The third-order valence-corrected chi connectivity index (χ3v) is 5.00. The van der Waals surface area contributed by atoms with Gasteiger partial charge in [-0.05, 0) is 12.8 Å². The van der Waals surface area contributed by atoms with Crippen LogP contribution in [0.5, 0.6) is 0 Å². The smallest absolute Gasteiger partial charge is 0.212 e. The van der Waals surface area contributed by atoms with Gasteiger partial charge in [0.05, 0.1) is 11.5 Å². The van der Waals surface area contributed by atoms with Gasteiger partial charge in [-0.15, -0.1) is 0 Å². The first-order valence-corrected chi connectivity index (χ1v) is 11.0. The topological polar surface area (TPSA) is 68.3 Å². The minimum absolute atomic E-state index is 0.0438. The summed E-state index contributed by atoms with van der Waals surface area (Å²) in [6.07, 6.45) is 6.99. The van der Waals surface area contributed by atoms with Crippen LogP contribution in [0.3, 0.4) is 0 Å². The van der Waals surface area contributed by atoms with Crippen LogP contribution in [-0.2, 0) is 18.1 Å². The lowest BCUT2D eigenvalue weighted by Gasteiger charge is -2.01. The van der Waals surface area contributed by atoms with E-state index in [2.05, 4.69) is 0 Å². The average Bonchev–Trinajstić information content (AvgIpc) is 2.17. The minimum Gasteiger partial charge on any atom is -0.212 e. The molecule has 18 heavy (non-hydrogen) atoms. The predicted octanol–water partition coefficient (Wildman–Crippen LogP) is 3.24. The molecule has 0 aliphatic heterocycles. The lowest BCUT2D eigenvalue weighted by atomic mass is 10.1. The summed E-state index contributed by atoms with van der Waals surface area (Å²) in [4.78, 5) is 0. The fourth-order valence-electron chi connectivity index (χ4n) is 1.61. The molecule has 0 aromatic carbocycles. The molecule has 0 bridgehead atoms. The largest absolute Gasteiger partial charge is 0.232 e. The van der Waals surface area contributed by atoms with Crippen LogP contribution >= 0.6 is 21.4 Å². The maximum atomic E-state index is 10.6. The SMILES string of the molecule is O=S(=O)(Cl)CCCCCCCCCCS(=O)(=O)Cl. The second-order valence-corrected chi connectivity index (χ2v) is 10.1. The first-order valence-electron chi connectivity index (χ1n) is 6.05. The zero-order valence-corrected chi connectivity index (χ0v) is 13.4. The minimum atomic E-state index is -3.34. The Balaban J connectivity index is 3.22. The van der Waals surface area contributed by atoms with Gasteiger partial charge in [-0.3, -0.25) is 0 Å². The molecule has 0 atom stereocenters. The number of hydrogen-bond acceptors (Lipinski definition) is 4. The van der Waals surface area contributed by atoms with Gasteiger partial charge in [-0.2, -0.15) is 0 Å². The quantitative estimate of drug-likeness (QED) is 0.428. The predicted molar refractivity (Wildman–Crippen MR) is 76.2 cm³/mol. The van der Waals surface area contributed by atoms with E-state index in [1.54, 1.807) is 0 Å². The maximum absolute atomic E-state index is 10.6. The lowest BCUT2D eigenvalue weighted by Crippen LogP contribution is -1.97. The summed E-state index contributed by atoms with van der Waals surface area (Å²) in [7, 11) is 3.48. The number of hydrogen-bond donors (Lipinski definition) is 0. The monoisotopic (exact) mass is 338 g/mol. The van der Waals surface area contributed by atoms with Crippen LogP contribution in [0.25, 0.3) is 0 Å². The Morgan fingerprint density at radius 2 is 0.722 bits per heavy atom. The van der Waals surface area contributed by atoms with Crippen LogP contribution in [-0.4, -0.2) is 28.3 Å². The first kappa shape index (κ1) is 18.5. The third-order valence-electron chi connectivity index (χ3n) is 2.53. The van der Waals surface area contributed by atoms with Crippen molar-refractivity contribution in [3.8, 4) is 0 Å². The van der Waals surface area contributed by atoms with Crippen molar-refractivity contribution in [1.29, 1.82) is 0 Å². The lowest BCUT2D eigenvalue weighted by molar-refractivity contribution is 0.572. The highest BCUT2D eigenvalue weighted by Gasteiger charge is 2.04. The summed E-state index contributed by atoms with van der Waals surface area (Å²) < 4.78 is 42.5. The van der Waals surface area contributed by atoms with Gasteiger partial charge >= 0.3 is 0 Å². The van der Waals surface area contributed by atoms with Crippen molar-refractivity contribution in [3.63, 3.8) is 0 Å². The third kappa shape index (κ3) is 16.5. The molecule has 0 aliphatic carbocycles. The highest BCUT2D eigenvalue weighted by atomic mass is 35.7. The zero-order valence-electron chi connectivity index (χ0n) is 10.3. The van der Waals surface area contributed by atoms with Crippen molar-refractivity contribution in [2.75, 3.05) is 11.5 Å². The van der Waals surface area contributed by atoms with E-state index in [0.29, 0.717) is 12.8 Å². The van der Waals surface area contributed by atoms with Crippen molar-refractivity contribution < 1.29 is 16.8 Å². The second-order valence-electron chi connectivity index (χ2n) is 4.31. The van der Waals surface area contributed by atoms with E-state index in [4.69, 9.17) is 21.4 Å². The molecule has 0 heterocycles. The summed E-state index contributed by atoms with van der Waals surface area (Å²) >= 11 is 0.